The van der Waals surface area contributed by atoms with E-state index in [0.717, 1.165) is 0 Å². The van der Waals surface area contributed by atoms with E-state index >= 15 is 0 Å². The molecule has 0 bridgehead atoms. The fraction of sp³-hybridized carbons (Fsp3) is 0.333. The zero-order valence-electron chi connectivity index (χ0n) is 9.92. The van der Waals surface area contributed by atoms with Gasteiger partial charge >= 0.3 is 5.97 Å². The molecule has 0 saturated heterocycles. The number of hydrogen-bond donors (Lipinski definition) is 2. The molecular formula is C12H17NO4. The smallest absolute Gasteiger partial charge is 0.344 e. The molecule has 0 fully saturated rings. The lowest BCUT2D eigenvalue weighted by molar-refractivity contribution is -0.156. The Morgan fingerprint density at radius 1 is 1.35 bits per heavy atom. The first kappa shape index (κ1) is 15.1. The molecule has 0 aliphatic carbocycles. The van der Waals surface area contributed by atoms with Gasteiger partial charge in [0.15, 0.2) is 0 Å². The Hall–Kier alpha value is -1.88. The molecule has 17 heavy (non-hydrogen) atoms. The largest absolute Gasteiger partial charge is 0.464 e. The second-order valence-corrected chi connectivity index (χ2v) is 3.21. The number of carbonyl (C=O) groups excluding carboxylic acids is 2. The predicted molar refractivity (Wildman–Crippen MR) is 63.0 cm³/mol. The number of aliphatic hydroxyl groups excluding tert-OH is 1. The van der Waals surface area contributed by atoms with E-state index in [1.807, 2.05) is 18.2 Å². The second kappa shape index (κ2) is 8.29. The number of hydrogen-bond acceptors (Lipinski definition) is 4. The molecule has 3 N–H and O–H groups in total. The Labute approximate surface area is 100 Å². The van der Waals surface area contributed by atoms with Gasteiger partial charge in [0.2, 0.25) is 6.10 Å². The van der Waals surface area contributed by atoms with Crippen molar-refractivity contribution in [2.45, 2.75) is 20.0 Å². The van der Waals surface area contributed by atoms with Crippen LogP contribution >= 0.6 is 0 Å². The summed E-state index contributed by atoms with van der Waals surface area (Å²) in [5.74, 6) is -2.10. The molecule has 1 amide bonds. The van der Waals surface area contributed by atoms with E-state index in [1.54, 1.807) is 6.92 Å². The second-order valence-electron chi connectivity index (χ2n) is 3.21. The van der Waals surface area contributed by atoms with Crippen LogP contribution in [0.2, 0.25) is 0 Å². The van der Waals surface area contributed by atoms with Gasteiger partial charge in [0.25, 0.3) is 5.91 Å². The molecular weight excluding hydrogens is 222 g/mol. The van der Waals surface area contributed by atoms with E-state index in [0.29, 0.717) is 0 Å². The summed E-state index contributed by atoms with van der Waals surface area (Å²) in [7, 11) is 0. The molecule has 0 aromatic heterocycles. The molecule has 0 radical (unpaired) electrons. The normalized spacial score (nSPS) is 10.8. The number of primary amides is 1. The summed E-state index contributed by atoms with van der Waals surface area (Å²) < 4.78 is 4.28. The van der Waals surface area contributed by atoms with Crippen molar-refractivity contribution in [2.75, 3.05) is 6.61 Å². The molecule has 1 rings (SSSR count). The standard InChI is InChI=1S/C7H8.C5H9NO4/c1-7-5-3-2-4-6-7;1-2-10-5(9)3(7)4(6)8/h2-6H,1H3;3,7H,2H2,1H3,(H2,6,8). The molecule has 5 nitrogen and oxygen atoms in total. The minimum atomic E-state index is -1.83. The molecule has 94 valence electrons. The Kier molecular flexibility index (Phi) is 7.38. The summed E-state index contributed by atoms with van der Waals surface area (Å²) in [5, 5.41) is 8.58. The fourth-order valence-corrected chi connectivity index (χ4v) is 0.872. The van der Waals surface area contributed by atoms with Gasteiger partial charge in [-0.05, 0) is 13.8 Å². The van der Waals surface area contributed by atoms with Gasteiger partial charge < -0.3 is 15.6 Å². The Morgan fingerprint density at radius 3 is 2.18 bits per heavy atom. The van der Waals surface area contributed by atoms with E-state index in [4.69, 9.17) is 5.11 Å². The lowest BCUT2D eigenvalue weighted by Crippen LogP contribution is -2.36. The molecule has 0 aliphatic rings. The van der Waals surface area contributed by atoms with Gasteiger partial charge in [-0.25, -0.2) is 4.79 Å². The van der Waals surface area contributed by atoms with Gasteiger partial charge in [0, 0.05) is 0 Å². The Bertz CT molecular complexity index is 351. The SMILES string of the molecule is CCOC(=O)C(O)C(N)=O.Cc1ccccc1. The van der Waals surface area contributed by atoms with Crippen LogP contribution in [0.1, 0.15) is 12.5 Å². The first-order valence-electron chi connectivity index (χ1n) is 5.14. The fourth-order valence-electron chi connectivity index (χ4n) is 0.872. The summed E-state index contributed by atoms with van der Waals surface area (Å²) in [6.07, 6.45) is -1.83. The molecule has 1 unspecified atom stereocenters. The summed E-state index contributed by atoms with van der Waals surface area (Å²) in [4.78, 5) is 20.5. The zero-order chi connectivity index (χ0) is 13.3. The van der Waals surface area contributed by atoms with Crippen molar-refractivity contribution in [1.82, 2.24) is 0 Å². The van der Waals surface area contributed by atoms with Gasteiger partial charge in [-0.1, -0.05) is 35.9 Å². The van der Waals surface area contributed by atoms with Crippen LogP contribution in [0.5, 0.6) is 0 Å². The minimum absolute atomic E-state index is 0.114. The van der Waals surface area contributed by atoms with Crippen molar-refractivity contribution in [1.29, 1.82) is 0 Å². The average molecular weight is 239 g/mol. The third kappa shape index (κ3) is 7.08. The third-order valence-electron chi connectivity index (χ3n) is 1.72. The number of amides is 1. The first-order valence-corrected chi connectivity index (χ1v) is 5.14. The maximum Gasteiger partial charge on any atom is 0.344 e. The van der Waals surface area contributed by atoms with Crippen molar-refractivity contribution in [2.24, 2.45) is 5.73 Å². The summed E-state index contributed by atoms with van der Waals surface area (Å²) >= 11 is 0. The van der Waals surface area contributed by atoms with E-state index in [-0.39, 0.29) is 6.61 Å². The van der Waals surface area contributed by atoms with Crippen LogP contribution in [-0.4, -0.2) is 29.7 Å². The maximum absolute atomic E-state index is 10.4. The highest BCUT2D eigenvalue weighted by Crippen LogP contribution is 1.92. The Morgan fingerprint density at radius 2 is 1.88 bits per heavy atom. The van der Waals surface area contributed by atoms with Crippen LogP contribution < -0.4 is 5.73 Å². The molecule has 0 aliphatic heterocycles. The van der Waals surface area contributed by atoms with Crippen LogP contribution in [0, 0.1) is 6.92 Å². The highest BCUT2D eigenvalue weighted by atomic mass is 16.5. The van der Waals surface area contributed by atoms with Crippen molar-refractivity contribution >= 4 is 11.9 Å². The summed E-state index contributed by atoms with van der Waals surface area (Å²) in [5.41, 5.74) is 5.90. The molecule has 0 saturated carbocycles. The molecule has 1 atom stereocenters. The van der Waals surface area contributed by atoms with Gasteiger partial charge in [0.1, 0.15) is 0 Å². The van der Waals surface area contributed by atoms with Crippen molar-refractivity contribution < 1.29 is 19.4 Å². The number of aliphatic hydroxyl groups is 1. The lowest BCUT2D eigenvalue weighted by atomic mass is 10.2. The van der Waals surface area contributed by atoms with Crippen LogP contribution in [0.25, 0.3) is 0 Å². The molecule has 0 spiro atoms. The van der Waals surface area contributed by atoms with Crippen LogP contribution in [0.4, 0.5) is 0 Å². The van der Waals surface area contributed by atoms with Crippen LogP contribution in [0.3, 0.4) is 0 Å². The highest BCUT2D eigenvalue weighted by Gasteiger charge is 2.21. The predicted octanol–water partition coefficient (Wildman–Crippen LogP) is 0.391. The lowest BCUT2D eigenvalue weighted by Gasteiger charge is -2.03. The number of esters is 1. The number of nitrogens with two attached hydrogens (primary N) is 1. The number of ether oxygens (including phenoxy) is 1. The Balaban J connectivity index is 0.000000318. The topological polar surface area (TPSA) is 89.6 Å². The van der Waals surface area contributed by atoms with E-state index in [1.165, 1.54) is 5.56 Å². The van der Waals surface area contributed by atoms with Gasteiger partial charge in [0.05, 0.1) is 6.61 Å². The van der Waals surface area contributed by atoms with Crippen LogP contribution in [0.15, 0.2) is 30.3 Å². The zero-order valence-corrected chi connectivity index (χ0v) is 9.92. The average Bonchev–Trinajstić information content (AvgIpc) is 2.30. The van der Waals surface area contributed by atoms with Crippen molar-refractivity contribution in [3.8, 4) is 0 Å². The van der Waals surface area contributed by atoms with Gasteiger partial charge in [-0.2, -0.15) is 0 Å². The minimum Gasteiger partial charge on any atom is -0.464 e. The monoisotopic (exact) mass is 239 g/mol. The highest BCUT2D eigenvalue weighted by molar-refractivity contribution is 5.99. The quantitative estimate of drug-likeness (QED) is 0.590. The molecule has 0 heterocycles. The molecule has 1 aromatic rings. The first-order chi connectivity index (χ1) is 7.99. The van der Waals surface area contributed by atoms with Gasteiger partial charge in [-0.15, -0.1) is 0 Å². The van der Waals surface area contributed by atoms with Gasteiger partial charge in [-0.3, -0.25) is 4.79 Å². The number of benzene rings is 1. The number of carbonyl (C=O) groups is 2. The maximum atomic E-state index is 10.4. The summed E-state index contributed by atoms with van der Waals surface area (Å²) in [6, 6.07) is 10.3. The molecule has 1 aromatic carbocycles. The number of rotatable bonds is 3. The number of aryl methyl sites for hydroxylation is 1. The third-order valence-corrected chi connectivity index (χ3v) is 1.72. The van der Waals surface area contributed by atoms with E-state index < -0.39 is 18.0 Å². The van der Waals surface area contributed by atoms with E-state index in [9.17, 15) is 9.59 Å². The summed E-state index contributed by atoms with van der Waals surface area (Å²) in [6.45, 7) is 3.76. The van der Waals surface area contributed by atoms with Crippen molar-refractivity contribution in [3.05, 3.63) is 35.9 Å². The van der Waals surface area contributed by atoms with Crippen molar-refractivity contribution in [3.63, 3.8) is 0 Å². The van der Waals surface area contributed by atoms with Crippen LogP contribution in [-0.2, 0) is 14.3 Å². The van der Waals surface area contributed by atoms with E-state index in [2.05, 4.69) is 29.5 Å². The molecule has 5 heteroatoms.